The summed E-state index contributed by atoms with van der Waals surface area (Å²) in [6, 6.07) is 19.5. The minimum atomic E-state index is -0.0776. The molecule has 0 unspecified atom stereocenters. The molecule has 1 aliphatic heterocycles. The molecule has 1 N–H and O–H groups in total. The van der Waals surface area contributed by atoms with Crippen LogP contribution in [0.3, 0.4) is 0 Å². The second-order valence-electron chi connectivity index (χ2n) is 7.16. The van der Waals surface area contributed by atoms with Crippen LogP contribution in [0.5, 0.6) is 0 Å². The molecule has 1 saturated heterocycles. The number of para-hydroxylation sites is 1. The third-order valence-corrected chi connectivity index (χ3v) is 4.96. The van der Waals surface area contributed by atoms with E-state index in [2.05, 4.69) is 10.2 Å². The predicted molar refractivity (Wildman–Crippen MR) is 107 cm³/mol. The highest BCUT2D eigenvalue weighted by Gasteiger charge is 2.27. The number of carbonyl (C=O) groups is 2. The van der Waals surface area contributed by atoms with Crippen LogP contribution in [-0.4, -0.2) is 48.3 Å². The average molecular weight is 365 g/mol. The van der Waals surface area contributed by atoms with Crippen molar-refractivity contribution in [1.29, 1.82) is 0 Å². The molecular weight excluding hydrogens is 338 g/mol. The van der Waals surface area contributed by atoms with E-state index in [1.54, 1.807) is 4.90 Å². The van der Waals surface area contributed by atoms with E-state index < -0.39 is 0 Å². The van der Waals surface area contributed by atoms with E-state index in [0.29, 0.717) is 19.6 Å². The summed E-state index contributed by atoms with van der Waals surface area (Å²) in [6.45, 7) is 2.45. The van der Waals surface area contributed by atoms with Crippen LogP contribution >= 0.6 is 0 Å². The van der Waals surface area contributed by atoms with Gasteiger partial charge in [-0.1, -0.05) is 48.5 Å². The Labute approximate surface area is 161 Å². The Morgan fingerprint density at radius 3 is 2.44 bits per heavy atom. The zero-order valence-corrected chi connectivity index (χ0v) is 15.8. The van der Waals surface area contributed by atoms with Gasteiger partial charge in [0.25, 0.3) is 0 Å². The van der Waals surface area contributed by atoms with Crippen molar-refractivity contribution in [2.75, 3.05) is 32.0 Å². The number of benzene rings is 2. The number of likely N-dealkylation sites (N-methyl/N-ethyl adjacent to an activating group) is 1. The molecule has 0 bridgehead atoms. The molecule has 0 saturated carbocycles. The van der Waals surface area contributed by atoms with Gasteiger partial charge in [0.05, 0.1) is 12.5 Å². The van der Waals surface area contributed by atoms with Crippen molar-refractivity contribution in [2.45, 2.75) is 19.4 Å². The fourth-order valence-electron chi connectivity index (χ4n) is 3.44. The minimum absolute atomic E-state index is 0.0380. The van der Waals surface area contributed by atoms with Gasteiger partial charge in [0.2, 0.25) is 11.8 Å². The lowest BCUT2D eigenvalue weighted by molar-refractivity contribution is -0.133. The fourth-order valence-corrected chi connectivity index (χ4v) is 3.44. The number of amides is 2. The second-order valence-corrected chi connectivity index (χ2v) is 7.16. The van der Waals surface area contributed by atoms with Gasteiger partial charge in [-0.15, -0.1) is 0 Å². The predicted octanol–water partition coefficient (Wildman–Crippen LogP) is 3.00. The fraction of sp³-hybridized carbons (Fsp3) is 0.364. The number of nitrogens with zero attached hydrogens (tertiary/aromatic N) is 2. The van der Waals surface area contributed by atoms with Gasteiger partial charge in [-0.25, -0.2) is 0 Å². The summed E-state index contributed by atoms with van der Waals surface area (Å²) >= 11 is 0. The number of piperidine rings is 1. The van der Waals surface area contributed by atoms with E-state index in [1.165, 1.54) is 0 Å². The summed E-state index contributed by atoms with van der Waals surface area (Å²) in [4.78, 5) is 29.0. The number of carbonyl (C=O) groups excluding carboxylic acids is 2. The van der Waals surface area contributed by atoms with E-state index in [0.717, 1.165) is 30.6 Å². The zero-order valence-electron chi connectivity index (χ0n) is 15.8. The van der Waals surface area contributed by atoms with Gasteiger partial charge in [-0.3, -0.25) is 14.5 Å². The summed E-state index contributed by atoms with van der Waals surface area (Å²) in [7, 11) is 1.83. The first-order chi connectivity index (χ1) is 13.1. The quantitative estimate of drug-likeness (QED) is 0.856. The molecule has 0 spiro atoms. The van der Waals surface area contributed by atoms with Crippen molar-refractivity contribution in [3.8, 4) is 0 Å². The summed E-state index contributed by atoms with van der Waals surface area (Å²) in [6.07, 6.45) is 1.80. The molecule has 0 aliphatic carbocycles. The number of anilines is 1. The molecule has 1 aliphatic rings. The Kier molecular flexibility index (Phi) is 6.60. The first-order valence-corrected chi connectivity index (χ1v) is 9.48. The number of nitrogens with one attached hydrogen (secondary N) is 1. The Balaban J connectivity index is 1.50. The monoisotopic (exact) mass is 365 g/mol. The summed E-state index contributed by atoms with van der Waals surface area (Å²) in [5.41, 5.74) is 1.94. The Morgan fingerprint density at radius 1 is 1.07 bits per heavy atom. The number of hydrogen-bond donors (Lipinski definition) is 1. The second kappa shape index (κ2) is 9.33. The van der Waals surface area contributed by atoms with E-state index >= 15 is 0 Å². The van der Waals surface area contributed by atoms with Gasteiger partial charge in [-0.05, 0) is 37.1 Å². The topological polar surface area (TPSA) is 52.7 Å². The third kappa shape index (κ3) is 5.66. The van der Waals surface area contributed by atoms with Gasteiger partial charge < -0.3 is 10.2 Å². The van der Waals surface area contributed by atoms with Crippen LogP contribution in [0.2, 0.25) is 0 Å². The standard InChI is InChI=1S/C22H27N3O2/c1-24(15-18-9-4-2-5-10-18)21(26)17-25-14-8-11-19(16-25)22(27)23-20-12-6-3-7-13-20/h2-7,9-10,12-13,19H,8,11,14-17H2,1H3,(H,23,27)/t19-/m0/s1. The van der Waals surface area contributed by atoms with E-state index in [9.17, 15) is 9.59 Å². The molecule has 3 rings (SSSR count). The highest BCUT2D eigenvalue weighted by atomic mass is 16.2. The molecular formula is C22H27N3O2. The average Bonchev–Trinajstić information content (AvgIpc) is 2.69. The van der Waals surface area contributed by atoms with Crippen molar-refractivity contribution >= 4 is 17.5 Å². The van der Waals surface area contributed by atoms with Crippen molar-refractivity contribution in [2.24, 2.45) is 5.92 Å². The molecule has 142 valence electrons. The van der Waals surface area contributed by atoms with Crippen LogP contribution in [0, 0.1) is 5.92 Å². The van der Waals surface area contributed by atoms with Crippen molar-refractivity contribution in [3.05, 3.63) is 66.2 Å². The molecule has 1 fully saturated rings. The number of rotatable bonds is 6. The van der Waals surface area contributed by atoms with Gasteiger partial charge in [0.1, 0.15) is 0 Å². The molecule has 1 heterocycles. The van der Waals surface area contributed by atoms with Gasteiger partial charge in [-0.2, -0.15) is 0 Å². The van der Waals surface area contributed by atoms with Crippen LogP contribution in [0.4, 0.5) is 5.69 Å². The smallest absolute Gasteiger partial charge is 0.236 e. The van der Waals surface area contributed by atoms with Crippen LogP contribution in [0.25, 0.3) is 0 Å². The minimum Gasteiger partial charge on any atom is -0.340 e. The lowest BCUT2D eigenvalue weighted by Crippen LogP contribution is -2.45. The van der Waals surface area contributed by atoms with Gasteiger partial charge in [0.15, 0.2) is 0 Å². The summed E-state index contributed by atoms with van der Waals surface area (Å²) in [5, 5.41) is 2.98. The normalized spacial score (nSPS) is 17.3. The number of likely N-dealkylation sites (tertiary alicyclic amines) is 1. The molecule has 2 aromatic carbocycles. The maximum absolute atomic E-state index is 12.6. The van der Waals surface area contributed by atoms with Crippen LogP contribution < -0.4 is 5.32 Å². The zero-order chi connectivity index (χ0) is 19.1. The SMILES string of the molecule is CN(Cc1ccccc1)C(=O)CN1CCC[C@H](C(=O)Nc2ccccc2)C1. The highest BCUT2D eigenvalue weighted by molar-refractivity contribution is 5.92. The molecule has 27 heavy (non-hydrogen) atoms. The molecule has 5 nitrogen and oxygen atoms in total. The molecule has 1 atom stereocenters. The summed E-state index contributed by atoms with van der Waals surface area (Å²) in [5.74, 6) is 0.0464. The molecule has 0 aromatic heterocycles. The molecule has 2 aromatic rings. The van der Waals surface area contributed by atoms with Crippen molar-refractivity contribution in [3.63, 3.8) is 0 Å². The van der Waals surface area contributed by atoms with Crippen LogP contribution in [0.1, 0.15) is 18.4 Å². The Hall–Kier alpha value is -2.66. The van der Waals surface area contributed by atoms with E-state index in [-0.39, 0.29) is 17.7 Å². The maximum Gasteiger partial charge on any atom is 0.236 e. The number of hydrogen-bond acceptors (Lipinski definition) is 3. The van der Waals surface area contributed by atoms with Crippen molar-refractivity contribution < 1.29 is 9.59 Å². The van der Waals surface area contributed by atoms with Gasteiger partial charge in [0, 0.05) is 25.8 Å². The maximum atomic E-state index is 12.6. The van der Waals surface area contributed by atoms with E-state index in [1.807, 2.05) is 67.7 Å². The largest absolute Gasteiger partial charge is 0.340 e. The lowest BCUT2D eigenvalue weighted by atomic mass is 9.97. The summed E-state index contributed by atoms with van der Waals surface area (Å²) < 4.78 is 0. The lowest BCUT2D eigenvalue weighted by Gasteiger charge is -2.32. The van der Waals surface area contributed by atoms with E-state index in [4.69, 9.17) is 0 Å². The molecule has 5 heteroatoms. The van der Waals surface area contributed by atoms with Gasteiger partial charge >= 0.3 is 0 Å². The third-order valence-electron chi connectivity index (χ3n) is 4.96. The van der Waals surface area contributed by atoms with Crippen molar-refractivity contribution in [1.82, 2.24) is 9.80 Å². The highest BCUT2D eigenvalue weighted by Crippen LogP contribution is 2.19. The molecule has 2 amide bonds. The van der Waals surface area contributed by atoms with Crippen LogP contribution in [0.15, 0.2) is 60.7 Å². The first kappa shape index (κ1) is 19.1. The first-order valence-electron chi connectivity index (χ1n) is 9.48. The Morgan fingerprint density at radius 2 is 1.74 bits per heavy atom. The van der Waals surface area contributed by atoms with Crippen LogP contribution in [-0.2, 0) is 16.1 Å². The molecule has 0 radical (unpaired) electrons. The Bertz CT molecular complexity index is 749.